The summed E-state index contributed by atoms with van der Waals surface area (Å²) < 4.78 is 0. The lowest BCUT2D eigenvalue weighted by Gasteiger charge is -2.25. The van der Waals surface area contributed by atoms with Crippen LogP contribution in [0.4, 0.5) is 0 Å². The molecule has 4 unspecified atom stereocenters. The molecule has 4 amide bonds. The van der Waals surface area contributed by atoms with Gasteiger partial charge in [0.2, 0.25) is 23.6 Å². The van der Waals surface area contributed by atoms with E-state index in [0.717, 1.165) is 0 Å². The molecule has 0 aliphatic heterocycles. The van der Waals surface area contributed by atoms with Crippen molar-refractivity contribution in [3.63, 3.8) is 0 Å². The minimum atomic E-state index is -1.51. The van der Waals surface area contributed by atoms with Crippen LogP contribution in [0, 0.1) is 5.92 Å². The number of nitrogens with zero attached hydrogens (tertiary/aromatic N) is 1. The zero-order valence-corrected chi connectivity index (χ0v) is 17.4. The summed E-state index contributed by atoms with van der Waals surface area (Å²) in [5.41, 5.74) is 11.5. The fourth-order valence-electron chi connectivity index (χ4n) is 2.61. The molecule has 0 aromatic carbocycles. The normalized spacial score (nSPS) is 14.5. The minimum Gasteiger partial charge on any atom is -0.480 e. The Bertz CT molecular complexity index is 782. The summed E-state index contributed by atoms with van der Waals surface area (Å²) in [6.45, 7) is 3.03. The number of hydrogen-bond acceptors (Lipinski definition) is 7. The number of aromatic amines is 1. The number of carboxylic acids is 1. The fraction of sp³-hybridized carbons (Fsp3) is 0.556. The first-order valence-corrected chi connectivity index (χ1v) is 9.66. The third-order valence-corrected chi connectivity index (χ3v) is 4.59. The van der Waals surface area contributed by atoms with Crippen LogP contribution >= 0.6 is 0 Å². The van der Waals surface area contributed by atoms with Crippen molar-refractivity contribution in [1.82, 2.24) is 25.9 Å². The molecule has 0 saturated heterocycles. The molecule has 0 saturated carbocycles. The third-order valence-electron chi connectivity index (χ3n) is 4.59. The molecule has 0 bridgehead atoms. The molecule has 172 valence electrons. The number of primary amides is 1. The van der Waals surface area contributed by atoms with E-state index in [1.165, 1.54) is 12.5 Å². The zero-order valence-electron chi connectivity index (χ0n) is 17.4. The van der Waals surface area contributed by atoms with Gasteiger partial charge in [-0.2, -0.15) is 0 Å². The Hall–Kier alpha value is -3.48. The molecule has 4 atom stereocenters. The van der Waals surface area contributed by atoms with Crippen LogP contribution in [0.3, 0.4) is 0 Å². The highest BCUT2D eigenvalue weighted by Gasteiger charge is 2.29. The van der Waals surface area contributed by atoms with E-state index in [2.05, 4.69) is 25.9 Å². The van der Waals surface area contributed by atoms with Gasteiger partial charge in [0, 0.05) is 18.3 Å². The van der Waals surface area contributed by atoms with E-state index < -0.39 is 60.7 Å². The molecule has 0 radical (unpaired) electrons. The average Bonchev–Trinajstić information content (AvgIpc) is 3.21. The van der Waals surface area contributed by atoms with Crippen LogP contribution in [-0.4, -0.2) is 69.3 Å². The Morgan fingerprint density at radius 2 is 1.87 bits per heavy atom. The van der Waals surface area contributed by atoms with Crippen molar-refractivity contribution in [1.29, 1.82) is 0 Å². The highest BCUT2D eigenvalue weighted by molar-refractivity contribution is 5.93. The molecule has 13 nitrogen and oxygen atoms in total. The van der Waals surface area contributed by atoms with Crippen molar-refractivity contribution in [2.75, 3.05) is 6.54 Å². The van der Waals surface area contributed by atoms with Crippen LogP contribution in [0.1, 0.15) is 32.4 Å². The van der Waals surface area contributed by atoms with Gasteiger partial charge in [-0.1, -0.05) is 20.3 Å². The number of H-pyrrole nitrogens is 1. The number of amides is 4. The number of aromatic nitrogens is 2. The van der Waals surface area contributed by atoms with Crippen molar-refractivity contribution in [3.8, 4) is 0 Å². The lowest BCUT2D eigenvalue weighted by atomic mass is 9.97. The number of imidazole rings is 1. The van der Waals surface area contributed by atoms with Crippen LogP contribution in [0.5, 0.6) is 0 Å². The van der Waals surface area contributed by atoms with Crippen LogP contribution in [-0.2, 0) is 30.4 Å². The summed E-state index contributed by atoms with van der Waals surface area (Å²) in [6.07, 6.45) is 3.15. The first kappa shape index (κ1) is 25.6. The Balaban J connectivity index is 2.66. The van der Waals surface area contributed by atoms with Gasteiger partial charge >= 0.3 is 5.97 Å². The zero-order chi connectivity index (χ0) is 23.6. The van der Waals surface area contributed by atoms with Crippen LogP contribution < -0.4 is 27.4 Å². The van der Waals surface area contributed by atoms with Gasteiger partial charge in [-0.3, -0.25) is 19.2 Å². The van der Waals surface area contributed by atoms with Gasteiger partial charge in [0.1, 0.15) is 12.1 Å². The fourth-order valence-corrected chi connectivity index (χ4v) is 2.61. The second kappa shape index (κ2) is 12.3. The second-order valence-electron chi connectivity index (χ2n) is 7.11. The number of hydrogen-bond donors (Lipinski definition) is 7. The number of carbonyl (C=O) groups is 5. The number of nitrogens with one attached hydrogen (secondary N) is 4. The van der Waals surface area contributed by atoms with E-state index in [4.69, 9.17) is 16.6 Å². The summed E-state index contributed by atoms with van der Waals surface area (Å²) >= 11 is 0. The predicted molar refractivity (Wildman–Crippen MR) is 108 cm³/mol. The summed E-state index contributed by atoms with van der Waals surface area (Å²) in [4.78, 5) is 65.6. The maximum Gasteiger partial charge on any atom is 0.326 e. The topological polar surface area (TPSA) is 222 Å². The number of aliphatic carboxylic acids is 1. The van der Waals surface area contributed by atoms with E-state index >= 15 is 0 Å². The van der Waals surface area contributed by atoms with E-state index in [-0.39, 0.29) is 12.3 Å². The molecular weight excluding hydrogens is 410 g/mol. The smallest absolute Gasteiger partial charge is 0.326 e. The molecule has 0 fully saturated rings. The van der Waals surface area contributed by atoms with Crippen LogP contribution in [0.2, 0.25) is 0 Å². The summed E-state index contributed by atoms with van der Waals surface area (Å²) in [5, 5.41) is 16.1. The van der Waals surface area contributed by atoms with Gasteiger partial charge in [0.25, 0.3) is 0 Å². The number of carbonyl (C=O) groups excluding carboxylic acids is 4. The highest BCUT2D eigenvalue weighted by Crippen LogP contribution is 2.09. The molecule has 9 N–H and O–H groups in total. The van der Waals surface area contributed by atoms with Crippen molar-refractivity contribution < 1.29 is 29.1 Å². The Kier molecular flexibility index (Phi) is 10.1. The first-order chi connectivity index (χ1) is 14.5. The number of rotatable bonds is 13. The largest absolute Gasteiger partial charge is 0.480 e. The van der Waals surface area contributed by atoms with Gasteiger partial charge < -0.3 is 37.5 Å². The molecular formula is C18H29N7O6. The summed E-state index contributed by atoms with van der Waals surface area (Å²) in [6, 6.07) is -3.39. The Labute approximate surface area is 178 Å². The maximum absolute atomic E-state index is 12.6. The highest BCUT2D eigenvalue weighted by atomic mass is 16.4. The lowest BCUT2D eigenvalue weighted by molar-refractivity contribution is -0.143. The number of nitrogens with two attached hydrogens (primary N) is 2. The average molecular weight is 439 g/mol. The molecule has 1 rings (SSSR count). The predicted octanol–water partition coefficient (Wildman–Crippen LogP) is -2.63. The Morgan fingerprint density at radius 3 is 2.39 bits per heavy atom. The first-order valence-electron chi connectivity index (χ1n) is 9.66. The van der Waals surface area contributed by atoms with Gasteiger partial charge in [0.05, 0.1) is 25.3 Å². The van der Waals surface area contributed by atoms with E-state index in [9.17, 15) is 24.0 Å². The monoisotopic (exact) mass is 439 g/mol. The third kappa shape index (κ3) is 8.82. The minimum absolute atomic E-state index is 0.194. The van der Waals surface area contributed by atoms with Crippen molar-refractivity contribution in [3.05, 3.63) is 18.2 Å². The van der Waals surface area contributed by atoms with Gasteiger partial charge in [-0.05, 0) is 5.92 Å². The lowest BCUT2D eigenvalue weighted by Crippen LogP contribution is -2.56. The molecule has 0 spiro atoms. The van der Waals surface area contributed by atoms with Gasteiger partial charge in [-0.25, -0.2) is 9.78 Å². The molecule has 0 aliphatic carbocycles. The Morgan fingerprint density at radius 1 is 1.19 bits per heavy atom. The van der Waals surface area contributed by atoms with Crippen molar-refractivity contribution in [2.45, 2.75) is 51.2 Å². The van der Waals surface area contributed by atoms with Crippen molar-refractivity contribution >= 4 is 29.6 Å². The van der Waals surface area contributed by atoms with E-state index in [1.54, 1.807) is 6.92 Å². The maximum atomic E-state index is 12.6. The van der Waals surface area contributed by atoms with E-state index in [1.807, 2.05) is 6.92 Å². The van der Waals surface area contributed by atoms with Crippen molar-refractivity contribution in [2.24, 2.45) is 17.4 Å². The number of carboxylic acid groups (broad SMARTS) is 1. The van der Waals surface area contributed by atoms with E-state index in [0.29, 0.717) is 12.1 Å². The van der Waals surface area contributed by atoms with Gasteiger partial charge in [-0.15, -0.1) is 0 Å². The SMILES string of the molecule is CCC(C)C(NC(=O)C(N)Cc1cnc[nH]1)C(=O)NCC(=O)NC(CC(N)=O)C(=O)O. The second-order valence-corrected chi connectivity index (χ2v) is 7.11. The summed E-state index contributed by atoms with van der Waals surface area (Å²) in [7, 11) is 0. The van der Waals surface area contributed by atoms with Crippen LogP contribution in [0.15, 0.2) is 12.5 Å². The van der Waals surface area contributed by atoms with Gasteiger partial charge in [0.15, 0.2) is 0 Å². The molecule has 1 aromatic rings. The quantitative estimate of drug-likeness (QED) is 0.172. The molecule has 1 aromatic heterocycles. The standard InChI is InChI=1S/C18H29N7O6/c1-3-9(2)15(25-16(28)11(19)4-10-6-21-8-23-10)17(29)22-7-14(27)24-12(18(30)31)5-13(20)26/h6,8-9,11-12,15H,3-5,7,19H2,1-2H3,(H2,20,26)(H,21,23)(H,22,29)(H,24,27)(H,25,28)(H,30,31). The summed E-state index contributed by atoms with van der Waals surface area (Å²) in [5.74, 6) is -4.61. The molecule has 13 heteroatoms. The molecule has 31 heavy (non-hydrogen) atoms. The molecule has 1 heterocycles. The molecule has 0 aliphatic rings. The van der Waals surface area contributed by atoms with Crippen LogP contribution in [0.25, 0.3) is 0 Å².